The second kappa shape index (κ2) is 5.74. The van der Waals surface area contributed by atoms with Gasteiger partial charge in [-0.1, -0.05) is 6.07 Å². The molecule has 1 aliphatic rings. The van der Waals surface area contributed by atoms with Gasteiger partial charge in [-0.25, -0.2) is 0 Å². The summed E-state index contributed by atoms with van der Waals surface area (Å²) in [5.41, 5.74) is 7.42. The third kappa shape index (κ3) is 2.97. The summed E-state index contributed by atoms with van der Waals surface area (Å²) in [7, 11) is -1.39. The number of amides is 1. The molecule has 1 saturated heterocycles. The number of aryl methyl sites for hydroxylation is 1. The molecule has 0 bridgehead atoms. The number of nitrogens with two attached hydrogens (primary N) is 1. The van der Waals surface area contributed by atoms with Crippen molar-refractivity contribution >= 4 is 22.4 Å². The zero-order valence-electron chi connectivity index (χ0n) is 11.4. The second-order valence-electron chi connectivity index (χ2n) is 5.01. The summed E-state index contributed by atoms with van der Waals surface area (Å²) in [6.45, 7) is 5.21. The van der Waals surface area contributed by atoms with Gasteiger partial charge in [0.1, 0.15) is 5.25 Å². The van der Waals surface area contributed by atoms with E-state index in [1.165, 1.54) is 0 Å². The Morgan fingerprint density at radius 1 is 1.37 bits per heavy atom. The normalized spacial score (nSPS) is 18.3. The van der Waals surface area contributed by atoms with Gasteiger partial charge in [0.05, 0.1) is 15.7 Å². The van der Waals surface area contributed by atoms with Crippen LogP contribution in [0.25, 0.3) is 0 Å². The van der Waals surface area contributed by atoms with E-state index in [9.17, 15) is 9.00 Å². The Morgan fingerprint density at radius 3 is 2.58 bits per heavy atom. The molecule has 0 saturated carbocycles. The molecule has 1 fully saturated rings. The van der Waals surface area contributed by atoms with Gasteiger partial charge in [-0.2, -0.15) is 0 Å². The maximum absolute atomic E-state index is 12.5. The molecule has 0 radical (unpaired) electrons. The zero-order chi connectivity index (χ0) is 14.0. The zero-order valence-corrected chi connectivity index (χ0v) is 12.2. The van der Waals surface area contributed by atoms with E-state index in [1.807, 2.05) is 13.0 Å². The summed E-state index contributed by atoms with van der Waals surface area (Å²) >= 11 is 0. The SMILES string of the molecule is Cc1ccc(S(=O)C(C)C(=O)N2CCCC2)c(N)c1. The number of carbonyl (C=O) groups excluding carboxylic acids is 1. The van der Waals surface area contributed by atoms with E-state index in [-0.39, 0.29) is 5.91 Å². The first-order chi connectivity index (χ1) is 9.00. The smallest absolute Gasteiger partial charge is 0.238 e. The molecule has 1 aromatic carbocycles. The Kier molecular flexibility index (Phi) is 4.24. The summed E-state index contributed by atoms with van der Waals surface area (Å²) < 4.78 is 12.5. The largest absolute Gasteiger partial charge is 0.398 e. The average molecular weight is 280 g/mol. The molecule has 104 valence electrons. The molecule has 1 aromatic rings. The van der Waals surface area contributed by atoms with Crippen LogP contribution in [0.2, 0.25) is 0 Å². The highest BCUT2D eigenvalue weighted by molar-refractivity contribution is 7.86. The van der Waals surface area contributed by atoms with Crippen LogP contribution < -0.4 is 5.73 Å². The van der Waals surface area contributed by atoms with Crippen molar-refractivity contribution in [3.63, 3.8) is 0 Å². The Labute approximate surface area is 116 Å². The predicted octanol–water partition coefficient (Wildman–Crippen LogP) is 1.70. The van der Waals surface area contributed by atoms with Crippen molar-refractivity contribution in [1.82, 2.24) is 4.90 Å². The van der Waals surface area contributed by atoms with Crippen molar-refractivity contribution < 1.29 is 9.00 Å². The number of hydrogen-bond acceptors (Lipinski definition) is 3. The lowest BCUT2D eigenvalue weighted by Crippen LogP contribution is -2.37. The van der Waals surface area contributed by atoms with Gasteiger partial charge in [0, 0.05) is 18.8 Å². The molecule has 2 rings (SSSR count). The van der Waals surface area contributed by atoms with Gasteiger partial charge in [0.15, 0.2) is 0 Å². The Balaban J connectivity index is 2.16. The minimum absolute atomic E-state index is 0.0317. The molecule has 0 aliphatic carbocycles. The summed E-state index contributed by atoms with van der Waals surface area (Å²) in [5.74, 6) is -0.0317. The molecular weight excluding hydrogens is 260 g/mol. The second-order valence-corrected chi connectivity index (χ2v) is 6.76. The number of nitrogen functional groups attached to an aromatic ring is 1. The maximum atomic E-state index is 12.5. The Hall–Kier alpha value is -1.36. The molecule has 1 heterocycles. The average Bonchev–Trinajstić information content (AvgIpc) is 2.90. The van der Waals surface area contributed by atoms with Crippen LogP contribution in [0, 0.1) is 6.92 Å². The molecule has 0 aromatic heterocycles. The van der Waals surface area contributed by atoms with E-state index in [0.717, 1.165) is 31.5 Å². The lowest BCUT2D eigenvalue weighted by Gasteiger charge is -2.20. The van der Waals surface area contributed by atoms with Crippen molar-refractivity contribution in [2.24, 2.45) is 0 Å². The molecule has 19 heavy (non-hydrogen) atoms. The third-order valence-electron chi connectivity index (χ3n) is 3.47. The lowest BCUT2D eigenvalue weighted by molar-refractivity contribution is -0.129. The molecule has 1 aliphatic heterocycles. The topological polar surface area (TPSA) is 63.4 Å². The number of likely N-dealkylation sites (tertiary alicyclic amines) is 1. The van der Waals surface area contributed by atoms with Gasteiger partial charge < -0.3 is 10.6 Å². The van der Waals surface area contributed by atoms with Crippen molar-refractivity contribution in [3.8, 4) is 0 Å². The summed E-state index contributed by atoms with van der Waals surface area (Å²) in [5, 5.41) is -0.539. The monoisotopic (exact) mass is 280 g/mol. The van der Waals surface area contributed by atoms with Crippen LogP contribution in [0.1, 0.15) is 25.3 Å². The highest BCUT2D eigenvalue weighted by Gasteiger charge is 2.28. The van der Waals surface area contributed by atoms with Crippen molar-refractivity contribution in [2.45, 2.75) is 36.8 Å². The fourth-order valence-electron chi connectivity index (χ4n) is 2.33. The third-order valence-corrected chi connectivity index (χ3v) is 5.12. The molecule has 1 amide bonds. The summed E-state index contributed by atoms with van der Waals surface area (Å²) in [6.07, 6.45) is 2.08. The number of anilines is 1. The van der Waals surface area contributed by atoms with Crippen LogP contribution in [-0.2, 0) is 15.6 Å². The van der Waals surface area contributed by atoms with Crippen LogP contribution in [0.3, 0.4) is 0 Å². The van der Waals surface area contributed by atoms with Gasteiger partial charge in [-0.15, -0.1) is 0 Å². The number of carbonyl (C=O) groups is 1. The summed E-state index contributed by atoms with van der Waals surface area (Å²) in [6, 6.07) is 5.42. The fourth-order valence-corrected chi connectivity index (χ4v) is 3.53. The van der Waals surface area contributed by atoms with Crippen molar-refractivity contribution in [3.05, 3.63) is 23.8 Å². The number of rotatable bonds is 3. The van der Waals surface area contributed by atoms with Gasteiger partial charge in [-0.05, 0) is 44.4 Å². The first kappa shape index (κ1) is 14.1. The van der Waals surface area contributed by atoms with Crippen molar-refractivity contribution in [1.29, 1.82) is 0 Å². The Bertz CT molecular complexity index is 510. The van der Waals surface area contributed by atoms with Crippen LogP contribution >= 0.6 is 0 Å². The first-order valence-electron chi connectivity index (χ1n) is 6.56. The van der Waals surface area contributed by atoms with Crippen LogP contribution in [0.15, 0.2) is 23.1 Å². The quantitative estimate of drug-likeness (QED) is 0.857. The predicted molar refractivity (Wildman–Crippen MR) is 77.3 cm³/mol. The van der Waals surface area contributed by atoms with Gasteiger partial charge in [0.25, 0.3) is 0 Å². The standard InChI is InChI=1S/C14H20N2O2S/c1-10-5-6-13(12(15)9-10)19(18)11(2)14(17)16-7-3-4-8-16/h5-6,9,11H,3-4,7-8,15H2,1-2H3. The van der Waals surface area contributed by atoms with E-state index in [0.29, 0.717) is 10.6 Å². The maximum Gasteiger partial charge on any atom is 0.238 e. The number of hydrogen-bond donors (Lipinski definition) is 1. The van der Waals surface area contributed by atoms with Crippen LogP contribution in [0.4, 0.5) is 5.69 Å². The van der Waals surface area contributed by atoms with E-state index < -0.39 is 16.0 Å². The molecule has 5 heteroatoms. The van der Waals surface area contributed by atoms with Crippen LogP contribution in [0.5, 0.6) is 0 Å². The molecule has 4 nitrogen and oxygen atoms in total. The molecule has 2 N–H and O–H groups in total. The van der Waals surface area contributed by atoms with Gasteiger partial charge in [0.2, 0.25) is 5.91 Å². The minimum atomic E-state index is -1.39. The van der Waals surface area contributed by atoms with Crippen molar-refractivity contribution in [2.75, 3.05) is 18.8 Å². The fraction of sp³-hybridized carbons (Fsp3) is 0.500. The van der Waals surface area contributed by atoms with E-state index in [2.05, 4.69) is 0 Å². The van der Waals surface area contributed by atoms with E-state index in [1.54, 1.807) is 24.0 Å². The molecule has 0 spiro atoms. The lowest BCUT2D eigenvalue weighted by atomic mass is 10.2. The molecule has 2 unspecified atom stereocenters. The highest BCUT2D eigenvalue weighted by atomic mass is 32.2. The molecular formula is C14H20N2O2S. The minimum Gasteiger partial charge on any atom is -0.398 e. The highest BCUT2D eigenvalue weighted by Crippen LogP contribution is 2.22. The first-order valence-corrected chi connectivity index (χ1v) is 7.77. The molecule has 2 atom stereocenters. The van der Waals surface area contributed by atoms with Crippen LogP contribution in [-0.4, -0.2) is 33.4 Å². The summed E-state index contributed by atoms with van der Waals surface area (Å²) in [4.78, 5) is 14.6. The van der Waals surface area contributed by atoms with E-state index >= 15 is 0 Å². The van der Waals surface area contributed by atoms with Gasteiger partial charge >= 0.3 is 0 Å². The Morgan fingerprint density at radius 2 is 2.00 bits per heavy atom. The van der Waals surface area contributed by atoms with Gasteiger partial charge in [-0.3, -0.25) is 9.00 Å². The van der Waals surface area contributed by atoms with E-state index in [4.69, 9.17) is 5.73 Å². The number of nitrogens with zero attached hydrogens (tertiary/aromatic N) is 1. The number of benzene rings is 1.